The average Bonchev–Trinajstić information content (AvgIpc) is 2.99. The molecule has 110 valence electrons. The highest BCUT2D eigenvalue weighted by Crippen LogP contribution is 2.79. The maximum atomic E-state index is 13.2. The smallest absolute Gasteiger partial charge is 0.243 e. The maximum Gasteiger partial charge on any atom is 0.243 e. The molecular formula is C16H23O3P. The lowest BCUT2D eigenvalue weighted by atomic mass is 9.90. The normalized spacial score (nSPS) is 36.8. The third-order valence-corrected chi connectivity index (χ3v) is 8.11. The Morgan fingerprint density at radius 2 is 1.50 bits per heavy atom. The zero-order valence-corrected chi connectivity index (χ0v) is 13.7. The van der Waals surface area contributed by atoms with Gasteiger partial charge in [0, 0.05) is 11.8 Å². The molecule has 0 spiro atoms. The Kier molecular flexibility index (Phi) is 2.92. The highest BCUT2D eigenvalue weighted by molar-refractivity contribution is 7.60. The molecule has 2 fully saturated rings. The fourth-order valence-electron chi connectivity index (χ4n) is 2.93. The van der Waals surface area contributed by atoms with Crippen LogP contribution in [0.15, 0.2) is 30.3 Å². The number of benzene rings is 1. The lowest BCUT2D eigenvalue weighted by Crippen LogP contribution is -2.41. The summed E-state index contributed by atoms with van der Waals surface area (Å²) in [4.78, 5) is 13.2. The predicted octanol–water partition coefficient (Wildman–Crippen LogP) is 3.44. The Hall–Kier alpha value is -0.470. The van der Waals surface area contributed by atoms with Crippen LogP contribution in [0.25, 0.3) is 0 Å². The molecule has 4 heteroatoms. The largest absolute Gasteiger partial charge is 0.631 e. The van der Waals surface area contributed by atoms with Crippen LogP contribution in [0.2, 0.25) is 0 Å². The Balaban J connectivity index is 1.87. The molecule has 1 aromatic rings. The Labute approximate surface area is 121 Å². The molecular weight excluding hydrogens is 271 g/mol. The maximum absolute atomic E-state index is 13.2. The molecule has 1 heterocycles. The van der Waals surface area contributed by atoms with E-state index in [1.807, 2.05) is 45.9 Å². The molecule has 0 aromatic heterocycles. The van der Waals surface area contributed by atoms with Crippen LogP contribution < -0.4 is 4.89 Å². The minimum Gasteiger partial charge on any atom is -0.631 e. The van der Waals surface area contributed by atoms with E-state index in [2.05, 4.69) is 19.1 Å². The molecule has 0 amide bonds. The van der Waals surface area contributed by atoms with Gasteiger partial charge in [0.25, 0.3) is 0 Å². The van der Waals surface area contributed by atoms with Gasteiger partial charge < -0.3 is 4.89 Å². The van der Waals surface area contributed by atoms with Gasteiger partial charge in [-0.2, -0.15) is 0 Å². The van der Waals surface area contributed by atoms with Crippen LogP contribution in [0.4, 0.5) is 0 Å². The van der Waals surface area contributed by atoms with Crippen molar-refractivity contribution in [3.05, 3.63) is 35.9 Å². The first-order valence-corrected chi connectivity index (χ1v) is 8.79. The highest BCUT2D eigenvalue weighted by Gasteiger charge is 2.73. The van der Waals surface area contributed by atoms with Crippen molar-refractivity contribution in [2.24, 2.45) is 0 Å². The summed E-state index contributed by atoms with van der Waals surface area (Å²) in [7, 11) is -3.06. The summed E-state index contributed by atoms with van der Waals surface area (Å²) in [6.07, 6.45) is 0.862. The van der Waals surface area contributed by atoms with E-state index in [1.54, 1.807) is 0 Å². The van der Waals surface area contributed by atoms with Crippen LogP contribution in [0.1, 0.15) is 46.6 Å². The van der Waals surface area contributed by atoms with Crippen molar-refractivity contribution in [1.29, 1.82) is 0 Å². The van der Waals surface area contributed by atoms with Crippen molar-refractivity contribution in [2.45, 2.75) is 63.3 Å². The zero-order valence-electron chi connectivity index (χ0n) is 12.8. The summed E-state index contributed by atoms with van der Waals surface area (Å²) >= 11 is 0. The minimum atomic E-state index is -3.06. The molecule has 1 aliphatic carbocycles. The molecule has 3 rings (SSSR count). The second-order valence-electron chi connectivity index (χ2n) is 7.25. The van der Waals surface area contributed by atoms with Gasteiger partial charge in [0.15, 0.2) is 0 Å². The van der Waals surface area contributed by atoms with E-state index in [4.69, 9.17) is 9.05 Å². The first-order valence-electron chi connectivity index (χ1n) is 7.18. The van der Waals surface area contributed by atoms with E-state index >= 15 is 0 Å². The molecule has 2 aliphatic rings. The molecule has 0 unspecified atom stereocenters. The van der Waals surface area contributed by atoms with Crippen molar-refractivity contribution in [1.82, 2.24) is 0 Å². The summed E-state index contributed by atoms with van der Waals surface area (Å²) in [6, 6.07) is 10.2. The number of hydrogen-bond acceptors (Lipinski definition) is 3. The van der Waals surface area contributed by atoms with E-state index < -0.39 is 19.1 Å². The van der Waals surface area contributed by atoms with Crippen molar-refractivity contribution >= 4 is 7.94 Å². The van der Waals surface area contributed by atoms with Crippen LogP contribution in [0.5, 0.6) is 0 Å². The summed E-state index contributed by atoms with van der Waals surface area (Å²) in [5.41, 5.74) is 0.0482. The molecule has 0 N–H and O–H groups in total. The first-order chi connectivity index (χ1) is 9.11. The molecule has 3 nitrogen and oxygen atoms in total. The summed E-state index contributed by atoms with van der Waals surface area (Å²) < 4.78 is 11.9. The summed E-state index contributed by atoms with van der Waals surface area (Å²) in [5.74, 6) is 0. The van der Waals surface area contributed by atoms with Crippen LogP contribution >= 0.6 is 7.94 Å². The molecule has 0 bridgehead atoms. The lowest BCUT2D eigenvalue weighted by Gasteiger charge is -2.25. The van der Waals surface area contributed by atoms with Gasteiger partial charge >= 0.3 is 0 Å². The number of hydrogen-bond donors (Lipinski definition) is 0. The van der Waals surface area contributed by atoms with Gasteiger partial charge in [-0.1, -0.05) is 37.3 Å². The second kappa shape index (κ2) is 4.04. The minimum absolute atomic E-state index is 0.0292. The molecule has 1 aromatic carbocycles. The topological polar surface area (TPSA) is 41.5 Å². The van der Waals surface area contributed by atoms with Crippen molar-refractivity contribution in [3.63, 3.8) is 0 Å². The Morgan fingerprint density at radius 3 is 2.00 bits per heavy atom. The van der Waals surface area contributed by atoms with Crippen LogP contribution in [-0.2, 0) is 14.5 Å². The van der Waals surface area contributed by atoms with E-state index in [0.29, 0.717) is 0 Å². The van der Waals surface area contributed by atoms with Crippen LogP contribution in [-0.4, -0.2) is 16.9 Å². The lowest BCUT2D eigenvalue weighted by molar-refractivity contribution is -0.213. The summed E-state index contributed by atoms with van der Waals surface area (Å²) in [5, 5.41) is 0. The van der Waals surface area contributed by atoms with Gasteiger partial charge in [0.1, 0.15) is 16.9 Å². The molecule has 2 atom stereocenters. The van der Waals surface area contributed by atoms with E-state index in [-0.39, 0.29) is 11.1 Å². The van der Waals surface area contributed by atoms with E-state index in [1.165, 1.54) is 5.56 Å². The third kappa shape index (κ3) is 1.95. The molecule has 1 aliphatic heterocycles. The van der Waals surface area contributed by atoms with Gasteiger partial charge in [-0.3, -0.25) is 0 Å². The van der Waals surface area contributed by atoms with Crippen LogP contribution in [0.3, 0.4) is 0 Å². The Bertz CT molecular complexity index is 510. The first kappa shape index (κ1) is 14.5. The van der Waals surface area contributed by atoms with Crippen molar-refractivity contribution in [3.8, 4) is 0 Å². The van der Waals surface area contributed by atoms with Gasteiger partial charge in [0.05, 0.1) is 0 Å². The average molecular weight is 294 g/mol. The highest BCUT2D eigenvalue weighted by atomic mass is 31.2. The fourth-order valence-corrected chi connectivity index (χ4v) is 6.39. The summed E-state index contributed by atoms with van der Waals surface area (Å²) in [6.45, 7) is 9.96. The fraction of sp³-hybridized carbons (Fsp3) is 0.625. The quantitative estimate of drug-likeness (QED) is 0.785. The van der Waals surface area contributed by atoms with Crippen LogP contribution in [0, 0.1) is 0 Å². The number of rotatable bonds is 2. The zero-order chi connectivity index (χ0) is 14.8. The monoisotopic (exact) mass is 294 g/mol. The van der Waals surface area contributed by atoms with Crippen molar-refractivity contribution in [2.75, 3.05) is 0 Å². The van der Waals surface area contributed by atoms with Gasteiger partial charge in [-0.05, 0) is 33.3 Å². The van der Waals surface area contributed by atoms with Gasteiger partial charge in [-0.25, -0.2) is 9.05 Å². The standard InChI is InChI=1S/C16H23O3P/c1-14(2)15(3,4)19-20(17,18-14)13-11-16(13,5)12-9-7-6-8-10-12/h6-10,13H,11H2,1-5H3/t13-,16+/m0/s1. The Morgan fingerprint density at radius 1 is 1.00 bits per heavy atom. The van der Waals surface area contributed by atoms with Gasteiger partial charge in [0.2, 0.25) is 7.94 Å². The van der Waals surface area contributed by atoms with E-state index in [0.717, 1.165) is 6.42 Å². The van der Waals surface area contributed by atoms with Crippen molar-refractivity contribution < 1.29 is 13.9 Å². The predicted molar refractivity (Wildman–Crippen MR) is 79.4 cm³/mol. The SMILES string of the molecule is CC1(C)O[P+]([O-])([C@H]2C[C@]2(C)c2ccccc2)OC1(C)C. The molecule has 1 saturated heterocycles. The van der Waals surface area contributed by atoms with Gasteiger partial charge in [-0.15, -0.1) is 0 Å². The van der Waals surface area contributed by atoms with E-state index in [9.17, 15) is 4.89 Å². The molecule has 20 heavy (non-hydrogen) atoms. The second-order valence-corrected chi connectivity index (χ2v) is 9.31. The molecule has 1 saturated carbocycles. The molecule has 0 radical (unpaired) electrons. The third-order valence-electron chi connectivity index (χ3n) is 5.17.